The first-order valence-corrected chi connectivity index (χ1v) is 6.68. The number of hydrogen-bond donors (Lipinski definition) is 3. The molecular formula is C13H9F3N6O3. The van der Waals surface area contributed by atoms with Crippen LogP contribution in [0.25, 0.3) is 11.0 Å². The Morgan fingerprint density at radius 3 is 2.76 bits per heavy atom. The summed E-state index contributed by atoms with van der Waals surface area (Å²) in [4.78, 5) is 24.0. The molecule has 0 fully saturated rings. The first-order valence-electron chi connectivity index (χ1n) is 6.68. The van der Waals surface area contributed by atoms with Gasteiger partial charge in [0.15, 0.2) is 5.71 Å². The number of carbonyl (C=O) groups is 2. The molecule has 12 heteroatoms. The molecule has 0 atom stereocenters. The largest absolute Gasteiger partial charge is 0.504 e. The van der Waals surface area contributed by atoms with E-state index in [4.69, 9.17) is 0 Å². The van der Waals surface area contributed by atoms with E-state index in [1.54, 1.807) is 6.07 Å². The van der Waals surface area contributed by atoms with E-state index in [1.165, 1.54) is 12.1 Å². The minimum Gasteiger partial charge on any atom is -0.504 e. The summed E-state index contributed by atoms with van der Waals surface area (Å²) in [5.41, 5.74) is -0.866. The molecule has 0 saturated carbocycles. The summed E-state index contributed by atoms with van der Waals surface area (Å²) in [6.07, 6.45) is -5.20. The first kappa shape index (κ1) is 16.4. The number of likely N-dealkylation sites (N-methyl/N-ethyl adjacent to an activating group) is 1. The van der Waals surface area contributed by atoms with Crippen LogP contribution in [-0.4, -0.2) is 56.3 Å². The average molecular weight is 354 g/mol. The van der Waals surface area contributed by atoms with Crippen LogP contribution in [0.4, 0.5) is 18.9 Å². The van der Waals surface area contributed by atoms with E-state index in [0.29, 0.717) is 16.0 Å². The predicted octanol–water partition coefficient (Wildman–Crippen LogP) is 1.10. The molecule has 1 aromatic carbocycles. The van der Waals surface area contributed by atoms with Crippen LogP contribution in [0.2, 0.25) is 0 Å². The third kappa shape index (κ3) is 2.88. The highest BCUT2D eigenvalue weighted by atomic mass is 19.4. The maximum atomic E-state index is 12.7. The number of benzene rings is 1. The number of allylic oxidation sites excluding steroid dienone is 1. The Labute approximate surface area is 136 Å². The lowest BCUT2D eigenvalue weighted by atomic mass is 10.1. The molecule has 130 valence electrons. The molecule has 2 amide bonds. The molecule has 0 bridgehead atoms. The molecule has 0 aliphatic carbocycles. The Morgan fingerprint density at radius 1 is 1.36 bits per heavy atom. The molecule has 2 aromatic rings. The maximum absolute atomic E-state index is 12.7. The maximum Gasteiger partial charge on any atom is 0.449 e. The van der Waals surface area contributed by atoms with Crippen molar-refractivity contribution in [2.45, 2.75) is 6.18 Å². The van der Waals surface area contributed by atoms with Crippen molar-refractivity contribution in [2.75, 3.05) is 12.4 Å². The zero-order chi connectivity index (χ0) is 18.4. The molecule has 1 aromatic heterocycles. The molecule has 3 N–H and O–H groups in total. The number of H-pyrrole nitrogens is 1. The molecule has 0 unspecified atom stereocenters. The second-order valence-corrected chi connectivity index (χ2v) is 5.00. The van der Waals surface area contributed by atoms with Crippen LogP contribution in [0.5, 0.6) is 0 Å². The number of carbonyl (C=O) groups excluding carboxylic acids is 2. The third-order valence-corrected chi connectivity index (χ3v) is 3.30. The number of anilines is 1. The lowest BCUT2D eigenvalue weighted by molar-refractivity contribution is -0.131. The van der Waals surface area contributed by atoms with Crippen molar-refractivity contribution in [3.05, 3.63) is 29.5 Å². The zero-order valence-corrected chi connectivity index (χ0v) is 12.4. The number of amides is 2. The Balaban J connectivity index is 1.94. The molecule has 0 saturated heterocycles. The van der Waals surface area contributed by atoms with Gasteiger partial charge in [0.2, 0.25) is 5.76 Å². The SMILES string of the molecule is CN1N=C(C(=O)Nc2ccc3[nH]nnc3c2)/C(=C(\O)C(F)(F)F)C1=O. The summed E-state index contributed by atoms with van der Waals surface area (Å²) in [6.45, 7) is 0. The van der Waals surface area contributed by atoms with E-state index in [2.05, 4.69) is 25.8 Å². The zero-order valence-electron chi connectivity index (χ0n) is 12.4. The smallest absolute Gasteiger partial charge is 0.449 e. The van der Waals surface area contributed by atoms with E-state index in [-0.39, 0.29) is 5.69 Å². The van der Waals surface area contributed by atoms with Crippen LogP contribution in [0.15, 0.2) is 34.6 Å². The number of fused-ring (bicyclic) bond motifs is 1. The molecule has 3 rings (SSSR count). The summed E-state index contributed by atoms with van der Waals surface area (Å²) >= 11 is 0. The number of nitrogens with one attached hydrogen (secondary N) is 2. The van der Waals surface area contributed by atoms with Crippen molar-refractivity contribution in [3.63, 3.8) is 0 Å². The quantitative estimate of drug-likeness (QED) is 0.550. The van der Waals surface area contributed by atoms with Gasteiger partial charge in [-0.1, -0.05) is 5.21 Å². The number of halogens is 3. The molecule has 0 radical (unpaired) electrons. The van der Waals surface area contributed by atoms with Gasteiger partial charge in [-0.2, -0.15) is 18.3 Å². The minimum absolute atomic E-state index is 0.196. The van der Waals surface area contributed by atoms with Gasteiger partial charge in [0, 0.05) is 12.7 Å². The van der Waals surface area contributed by atoms with Crippen LogP contribution in [0, 0.1) is 0 Å². The fourth-order valence-electron chi connectivity index (χ4n) is 2.13. The number of alkyl halides is 3. The number of nitrogens with zero attached hydrogens (tertiary/aromatic N) is 4. The van der Waals surface area contributed by atoms with E-state index in [1.807, 2.05) is 0 Å². The second-order valence-electron chi connectivity index (χ2n) is 5.00. The average Bonchev–Trinajstić information content (AvgIpc) is 3.10. The summed E-state index contributed by atoms with van der Waals surface area (Å²) in [5.74, 6) is -4.51. The molecule has 0 spiro atoms. The number of rotatable bonds is 2. The third-order valence-electron chi connectivity index (χ3n) is 3.30. The number of aromatic amines is 1. The first-order chi connectivity index (χ1) is 11.7. The number of aliphatic hydroxyl groups is 1. The van der Waals surface area contributed by atoms with E-state index < -0.39 is 35.0 Å². The molecule has 9 nitrogen and oxygen atoms in total. The summed E-state index contributed by atoms with van der Waals surface area (Å²) < 4.78 is 38.2. The standard InChI is InChI=1S/C13H9F3N6O3/c1-22-12(25)8(10(23)13(14,15)16)9(20-22)11(24)17-5-2-3-6-7(4-5)19-21-18-6/h2-4,23H,1H3,(H,17,24)(H,18,19,21)/b10-8+. The number of aliphatic hydroxyl groups excluding tert-OH is 1. The van der Waals surface area contributed by atoms with Crippen LogP contribution < -0.4 is 5.32 Å². The van der Waals surface area contributed by atoms with Crippen molar-refractivity contribution in [1.29, 1.82) is 0 Å². The second kappa shape index (κ2) is 5.58. The Bertz CT molecular complexity index is 946. The minimum atomic E-state index is -5.20. The van der Waals surface area contributed by atoms with Crippen molar-refractivity contribution < 1.29 is 27.9 Å². The van der Waals surface area contributed by atoms with Crippen molar-refractivity contribution in [2.24, 2.45) is 5.10 Å². The number of hydrazone groups is 1. The fraction of sp³-hybridized carbons (Fsp3) is 0.154. The van der Waals surface area contributed by atoms with Gasteiger partial charge in [-0.15, -0.1) is 5.10 Å². The normalized spacial score (nSPS) is 17.0. The van der Waals surface area contributed by atoms with Gasteiger partial charge in [0.25, 0.3) is 11.8 Å². The Morgan fingerprint density at radius 2 is 2.08 bits per heavy atom. The van der Waals surface area contributed by atoms with Crippen molar-refractivity contribution in [1.82, 2.24) is 20.4 Å². The summed E-state index contributed by atoms with van der Waals surface area (Å²) in [7, 11) is 1.06. The van der Waals surface area contributed by atoms with E-state index >= 15 is 0 Å². The molecule has 1 aliphatic heterocycles. The van der Waals surface area contributed by atoms with Crippen LogP contribution in [0.3, 0.4) is 0 Å². The highest BCUT2D eigenvalue weighted by Crippen LogP contribution is 2.30. The van der Waals surface area contributed by atoms with Gasteiger partial charge in [0.1, 0.15) is 11.1 Å². The van der Waals surface area contributed by atoms with E-state index in [0.717, 1.165) is 7.05 Å². The molecule has 2 heterocycles. The topological polar surface area (TPSA) is 124 Å². The Hall–Kier alpha value is -3.44. The fourth-order valence-corrected chi connectivity index (χ4v) is 2.13. The molecule has 1 aliphatic rings. The number of hydrogen-bond acceptors (Lipinski definition) is 6. The Kier molecular flexibility index (Phi) is 3.66. The van der Waals surface area contributed by atoms with Crippen molar-refractivity contribution in [3.8, 4) is 0 Å². The highest BCUT2D eigenvalue weighted by Gasteiger charge is 2.45. The van der Waals surface area contributed by atoms with Gasteiger partial charge in [0.05, 0.1) is 5.52 Å². The monoisotopic (exact) mass is 354 g/mol. The van der Waals surface area contributed by atoms with Gasteiger partial charge >= 0.3 is 6.18 Å². The summed E-state index contributed by atoms with van der Waals surface area (Å²) in [6, 6.07) is 4.42. The lowest BCUT2D eigenvalue weighted by Gasteiger charge is -2.09. The highest BCUT2D eigenvalue weighted by molar-refractivity contribution is 6.55. The van der Waals surface area contributed by atoms with Crippen LogP contribution >= 0.6 is 0 Å². The van der Waals surface area contributed by atoms with Gasteiger partial charge in [-0.3, -0.25) is 14.7 Å². The predicted molar refractivity (Wildman–Crippen MR) is 78.4 cm³/mol. The van der Waals surface area contributed by atoms with Crippen LogP contribution in [0.1, 0.15) is 0 Å². The number of aromatic nitrogens is 3. The van der Waals surface area contributed by atoms with Gasteiger partial charge < -0.3 is 10.4 Å². The lowest BCUT2D eigenvalue weighted by Crippen LogP contribution is -2.29. The van der Waals surface area contributed by atoms with Crippen LogP contribution in [-0.2, 0) is 9.59 Å². The van der Waals surface area contributed by atoms with Gasteiger partial charge in [-0.25, -0.2) is 5.01 Å². The van der Waals surface area contributed by atoms with Crippen molar-refractivity contribution >= 4 is 34.2 Å². The van der Waals surface area contributed by atoms with Gasteiger partial charge in [-0.05, 0) is 18.2 Å². The van der Waals surface area contributed by atoms with E-state index in [9.17, 15) is 27.9 Å². The summed E-state index contributed by atoms with van der Waals surface area (Å²) in [5, 5.41) is 25.5. The molecule has 25 heavy (non-hydrogen) atoms. The molecular weight excluding hydrogens is 345 g/mol.